The molecule has 0 bridgehead atoms. The molecule has 1 aromatic heterocycles. The first-order chi connectivity index (χ1) is 13.8. The third kappa shape index (κ3) is 5.13. The Morgan fingerprint density at radius 2 is 1.79 bits per heavy atom. The van der Waals surface area contributed by atoms with Gasteiger partial charge in [0.15, 0.2) is 0 Å². The summed E-state index contributed by atoms with van der Waals surface area (Å²) >= 11 is 0. The van der Waals surface area contributed by atoms with Crippen LogP contribution >= 0.6 is 0 Å². The minimum absolute atomic E-state index is 0.0128. The van der Waals surface area contributed by atoms with Crippen molar-refractivity contribution >= 4 is 5.97 Å². The molecule has 29 heavy (non-hydrogen) atoms. The van der Waals surface area contributed by atoms with Gasteiger partial charge in [-0.2, -0.15) is 0 Å². The Bertz CT molecular complexity index is 1030. The summed E-state index contributed by atoms with van der Waals surface area (Å²) in [5, 5.41) is 9.57. The van der Waals surface area contributed by atoms with Crippen molar-refractivity contribution < 1.29 is 19.4 Å². The van der Waals surface area contributed by atoms with E-state index in [0.29, 0.717) is 22.9 Å². The Morgan fingerprint density at radius 3 is 2.48 bits per heavy atom. The van der Waals surface area contributed by atoms with Gasteiger partial charge in [0.1, 0.15) is 18.1 Å². The minimum atomic E-state index is -1.03. The van der Waals surface area contributed by atoms with E-state index in [1.165, 1.54) is 0 Å². The van der Waals surface area contributed by atoms with Crippen LogP contribution < -0.4 is 9.47 Å². The summed E-state index contributed by atoms with van der Waals surface area (Å²) in [6.45, 7) is 7.96. The minimum Gasteiger partial charge on any atom is -0.490 e. The van der Waals surface area contributed by atoms with E-state index in [-0.39, 0.29) is 18.3 Å². The molecule has 0 atom stereocenters. The van der Waals surface area contributed by atoms with E-state index in [4.69, 9.17) is 9.47 Å². The molecule has 0 amide bonds. The van der Waals surface area contributed by atoms with Crippen molar-refractivity contribution in [1.29, 1.82) is 0 Å². The fourth-order valence-electron chi connectivity index (χ4n) is 3.01. The Kier molecular flexibility index (Phi) is 6.17. The third-order valence-electron chi connectivity index (χ3n) is 4.34. The fraction of sp³-hybridized carbons (Fsp3) is 0.250. The molecule has 0 radical (unpaired) electrons. The normalized spacial score (nSPS) is 10.8. The van der Waals surface area contributed by atoms with Gasteiger partial charge < -0.3 is 14.6 Å². The van der Waals surface area contributed by atoms with E-state index < -0.39 is 5.97 Å². The molecule has 5 nitrogen and oxygen atoms in total. The SMILES string of the molecule is Cc1cccc(OCc2nc(-c3cc(C)ccc3OC(C)C)ccc2C(=O)O)c1. The van der Waals surface area contributed by atoms with Crippen LogP contribution in [0.1, 0.15) is 41.0 Å². The predicted octanol–water partition coefficient (Wildman–Crippen LogP) is 5.43. The van der Waals surface area contributed by atoms with E-state index in [1.54, 1.807) is 12.1 Å². The maximum atomic E-state index is 11.7. The number of carboxylic acids is 1. The molecule has 0 unspecified atom stereocenters. The van der Waals surface area contributed by atoms with Crippen LogP contribution in [0.2, 0.25) is 0 Å². The van der Waals surface area contributed by atoms with Gasteiger partial charge in [0.25, 0.3) is 0 Å². The molecule has 0 aliphatic heterocycles. The highest BCUT2D eigenvalue weighted by Crippen LogP contribution is 2.31. The molecular weight excluding hydrogens is 366 g/mol. The highest BCUT2D eigenvalue weighted by atomic mass is 16.5. The molecule has 0 saturated carbocycles. The molecule has 0 saturated heterocycles. The summed E-state index contributed by atoms with van der Waals surface area (Å²) in [5.41, 5.74) is 4.11. The summed E-state index contributed by atoms with van der Waals surface area (Å²) in [5.74, 6) is 0.356. The maximum absolute atomic E-state index is 11.7. The maximum Gasteiger partial charge on any atom is 0.337 e. The monoisotopic (exact) mass is 391 g/mol. The molecule has 0 aliphatic rings. The first-order valence-electron chi connectivity index (χ1n) is 9.54. The number of hydrogen-bond donors (Lipinski definition) is 1. The lowest BCUT2D eigenvalue weighted by Crippen LogP contribution is -2.10. The quantitative estimate of drug-likeness (QED) is 0.582. The van der Waals surface area contributed by atoms with E-state index in [1.807, 2.05) is 70.2 Å². The Balaban J connectivity index is 1.99. The number of hydrogen-bond acceptors (Lipinski definition) is 4. The Morgan fingerprint density at radius 1 is 1.03 bits per heavy atom. The van der Waals surface area contributed by atoms with Crippen LogP contribution in [0.25, 0.3) is 11.3 Å². The number of carboxylic acid groups (broad SMARTS) is 1. The van der Waals surface area contributed by atoms with Crippen LogP contribution in [0.15, 0.2) is 54.6 Å². The Hall–Kier alpha value is -3.34. The van der Waals surface area contributed by atoms with Crippen molar-refractivity contribution in [3.8, 4) is 22.8 Å². The summed E-state index contributed by atoms with van der Waals surface area (Å²) in [7, 11) is 0. The number of ether oxygens (including phenoxy) is 2. The van der Waals surface area contributed by atoms with Gasteiger partial charge in [-0.15, -0.1) is 0 Å². The first kappa shape index (κ1) is 20.4. The van der Waals surface area contributed by atoms with Gasteiger partial charge in [0, 0.05) is 5.56 Å². The zero-order valence-corrected chi connectivity index (χ0v) is 17.1. The van der Waals surface area contributed by atoms with Crippen molar-refractivity contribution in [2.75, 3.05) is 0 Å². The smallest absolute Gasteiger partial charge is 0.337 e. The van der Waals surface area contributed by atoms with Gasteiger partial charge in [0.2, 0.25) is 0 Å². The molecule has 3 rings (SSSR count). The van der Waals surface area contributed by atoms with Gasteiger partial charge in [0.05, 0.1) is 23.1 Å². The largest absolute Gasteiger partial charge is 0.490 e. The van der Waals surface area contributed by atoms with Crippen molar-refractivity contribution in [2.24, 2.45) is 0 Å². The van der Waals surface area contributed by atoms with E-state index >= 15 is 0 Å². The van der Waals surface area contributed by atoms with Crippen LogP contribution in [-0.4, -0.2) is 22.2 Å². The molecule has 0 spiro atoms. The van der Waals surface area contributed by atoms with Crippen LogP contribution in [0.3, 0.4) is 0 Å². The average molecular weight is 391 g/mol. The molecule has 1 heterocycles. The number of rotatable bonds is 7. The van der Waals surface area contributed by atoms with Crippen LogP contribution in [0, 0.1) is 13.8 Å². The zero-order valence-electron chi connectivity index (χ0n) is 17.1. The number of aromatic nitrogens is 1. The van der Waals surface area contributed by atoms with Gasteiger partial charge in [-0.25, -0.2) is 9.78 Å². The number of pyridine rings is 1. The Labute approximate surface area is 171 Å². The standard InChI is InChI=1S/C24H25NO4/c1-15(2)29-23-11-8-17(4)13-20(23)21-10-9-19(24(26)27)22(25-21)14-28-18-7-5-6-16(3)12-18/h5-13,15H,14H2,1-4H3,(H,26,27). The van der Waals surface area contributed by atoms with Crippen LogP contribution in [0.5, 0.6) is 11.5 Å². The van der Waals surface area contributed by atoms with E-state index in [0.717, 1.165) is 16.7 Å². The molecule has 150 valence electrons. The summed E-state index contributed by atoms with van der Waals surface area (Å²) < 4.78 is 11.7. The lowest BCUT2D eigenvalue weighted by molar-refractivity contribution is 0.0693. The highest BCUT2D eigenvalue weighted by Gasteiger charge is 2.16. The number of nitrogens with zero attached hydrogens (tertiary/aromatic N) is 1. The second-order valence-electron chi connectivity index (χ2n) is 7.27. The van der Waals surface area contributed by atoms with Gasteiger partial charge in [-0.05, 0) is 69.7 Å². The van der Waals surface area contributed by atoms with E-state index in [2.05, 4.69) is 4.98 Å². The van der Waals surface area contributed by atoms with E-state index in [9.17, 15) is 9.90 Å². The van der Waals surface area contributed by atoms with Crippen molar-refractivity contribution in [1.82, 2.24) is 4.98 Å². The van der Waals surface area contributed by atoms with Crippen LogP contribution in [0.4, 0.5) is 0 Å². The van der Waals surface area contributed by atoms with Gasteiger partial charge >= 0.3 is 5.97 Å². The molecular formula is C24H25NO4. The molecule has 3 aromatic rings. The van der Waals surface area contributed by atoms with Gasteiger partial charge in [-0.3, -0.25) is 0 Å². The summed E-state index contributed by atoms with van der Waals surface area (Å²) in [4.78, 5) is 16.3. The fourth-order valence-corrected chi connectivity index (χ4v) is 3.01. The number of aromatic carboxylic acids is 1. The van der Waals surface area contributed by atoms with Crippen molar-refractivity contribution in [3.05, 3.63) is 77.0 Å². The van der Waals surface area contributed by atoms with Crippen molar-refractivity contribution in [3.63, 3.8) is 0 Å². The second-order valence-corrected chi connectivity index (χ2v) is 7.27. The third-order valence-corrected chi connectivity index (χ3v) is 4.34. The molecule has 2 aromatic carbocycles. The lowest BCUT2D eigenvalue weighted by Gasteiger charge is -2.16. The van der Waals surface area contributed by atoms with Gasteiger partial charge in [-0.1, -0.05) is 23.8 Å². The lowest BCUT2D eigenvalue weighted by atomic mass is 10.0. The first-order valence-corrected chi connectivity index (χ1v) is 9.54. The number of benzene rings is 2. The molecule has 5 heteroatoms. The van der Waals surface area contributed by atoms with Crippen molar-refractivity contribution in [2.45, 2.75) is 40.4 Å². The molecule has 1 N–H and O–H groups in total. The second kappa shape index (κ2) is 8.78. The predicted molar refractivity (Wildman–Crippen MR) is 113 cm³/mol. The van der Waals surface area contributed by atoms with Crippen LogP contribution in [-0.2, 0) is 6.61 Å². The summed E-state index contributed by atoms with van der Waals surface area (Å²) in [6.07, 6.45) is 0.0128. The highest BCUT2D eigenvalue weighted by molar-refractivity contribution is 5.89. The number of aryl methyl sites for hydroxylation is 2. The molecule has 0 aliphatic carbocycles. The molecule has 0 fully saturated rings. The number of carbonyl (C=O) groups is 1. The topological polar surface area (TPSA) is 68.7 Å². The zero-order chi connectivity index (χ0) is 21.0. The summed E-state index contributed by atoms with van der Waals surface area (Å²) in [6, 6.07) is 16.8. The average Bonchev–Trinajstić information content (AvgIpc) is 2.67.